The fourth-order valence-corrected chi connectivity index (χ4v) is 4.26. The molecule has 1 heterocycles. The van der Waals surface area contributed by atoms with Crippen LogP contribution in [0.3, 0.4) is 0 Å². The lowest BCUT2D eigenvalue weighted by Gasteiger charge is -2.32. The van der Waals surface area contributed by atoms with E-state index in [0.29, 0.717) is 0 Å². The number of carbonyl (C=O) groups excluding carboxylic acids is 3. The molecule has 0 unspecified atom stereocenters. The van der Waals surface area contributed by atoms with Gasteiger partial charge in [0.25, 0.3) is 0 Å². The van der Waals surface area contributed by atoms with Crippen molar-refractivity contribution in [2.75, 3.05) is 13.9 Å². The molecule has 9 heteroatoms. The largest absolute Gasteiger partial charge is 0.493 e. The van der Waals surface area contributed by atoms with Crippen molar-refractivity contribution >= 4 is 17.7 Å². The van der Waals surface area contributed by atoms with Crippen molar-refractivity contribution in [1.29, 1.82) is 0 Å². The SMILES string of the molecule is CCCC[C@@H]([C@H](C)OC(=O)[C@H](C)CC(=O)c1nccc(OC)c1OCOC(C)=O)[C@H](CC)Oc1ccccc1. The lowest BCUT2D eigenvalue weighted by Crippen LogP contribution is -2.37. The molecule has 0 N–H and O–H groups in total. The Labute approximate surface area is 231 Å². The first-order valence-corrected chi connectivity index (χ1v) is 13.5. The molecule has 2 aromatic rings. The zero-order chi connectivity index (χ0) is 28.8. The van der Waals surface area contributed by atoms with Gasteiger partial charge in [-0.15, -0.1) is 0 Å². The number of nitrogens with zero attached hydrogens (tertiary/aromatic N) is 1. The van der Waals surface area contributed by atoms with E-state index >= 15 is 0 Å². The highest BCUT2D eigenvalue weighted by Crippen LogP contribution is 2.32. The molecule has 39 heavy (non-hydrogen) atoms. The van der Waals surface area contributed by atoms with E-state index in [9.17, 15) is 14.4 Å². The van der Waals surface area contributed by atoms with Crippen LogP contribution in [0.5, 0.6) is 17.2 Å². The van der Waals surface area contributed by atoms with Gasteiger partial charge in [-0.05, 0) is 31.9 Å². The molecule has 0 saturated carbocycles. The number of para-hydroxylation sites is 1. The molecule has 9 nitrogen and oxygen atoms in total. The summed E-state index contributed by atoms with van der Waals surface area (Å²) < 4.78 is 27.7. The Hall–Kier alpha value is -3.62. The Morgan fingerprint density at radius 2 is 1.74 bits per heavy atom. The normalized spacial score (nSPS) is 13.9. The number of Topliss-reactive ketones (excluding diaryl/α,β-unsaturated/α-hetero) is 1. The average molecular weight is 544 g/mol. The first-order chi connectivity index (χ1) is 18.7. The molecule has 4 atom stereocenters. The van der Waals surface area contributed by atoms with E-state index in [1.165, 1.54) is 26.3 Å². The smallest absolute Gasteiger partial charge is 0.309 e. The number of esters is 2. The average Bonchev–Trinajstić information content (AvgIpc) is 2.92. The van der Waals surface area contributed by atoms with Gasteiger partial charge in [-0.3, -0.25) is 14.4 Å². The van der Waals surface area contributed by atoms with Crippen LogP contribution in [0, 0.1) is 11.8 Å². The Bertz CT molecular complexity index is 1060. The summed E-state index contributed by atoms with van der Waals surface area (Å²) in [7, 11) is 1.42. The van der Waals surface area contributed by atoms with Crippen LogP contribution in [0.2, 0.25) is 0 Å². The summed E-state index contributed by atoms with van der Waals surface area (Å²) in [6, 6.07) is 11.1. The van der Waals surface area contributed by atoms with Gasteiger partial charge in [0, 0.05) is 31.5 Å². The number of aromatic nitrogens is 1. The predicted octanol–water partition coefficient (Wildman–Crippen LogP) is 5.79. The van der Waals surface area contributed by atoms with E-state index in [1.54, 1.807) is 6.92 Å². The Kier molecular flexibility index (Phi) is 13.3. The van der Waals surface area contributed by atoms with E-state index in [1.807, 2.05) is 37.3 Å². The maximum absolute atomic E-state index is 13.1. The Morgan fingerprint density at radius 3 is 2.36 bits per heavy atom. The van der Waals surface area contributed by atoms with Crippen LogP contribution in [-0.4, -0.2) is 48.8 Å². The molecular formula is C30H41NO8. The Balaban J connectivity index is 2.10. The second-order valence-corrected chi connectivity index (χ2v) is 9.44. The van der Waals surface area contributed by atoms with Gasteiger partial charge in [0.1, 0.15) is 18.0 Å². The summed E-state index contributed by atoms with van der Waals surface area (Å²) in [6.07, 6.45) is 4.33. The first-order valence-electron chi connectivity index (χ1n) is 13.5. The first kappa shape index (κ1) is 31.6. The van der Waals surface area contributed by atoms with Crippen LogP contribution in [0.4, 0.5) is 0 Å². The highest BCUT2D eigenvalue weighted by molar-refractivity contribution is 5.99. The summed E-state index contributed by atoms with van der Waals surface area (Å²) in [5.41, 5.74) is -0.0164. The third-order valence-corrected chi connectivity index (χ3v) is 6.42. The van der Waals surface area contributed by atoms with Crippen molar-refractivity contribution in [1.82, 2.24) is 4.98 Å². The van der Waals surface area contributed by atoms with Crippen molar-refractivity contribution in [2.24, 2.45) is 11.8 Å². The third kappa shape index (κ3) is 9.89. The number of rotatable bonds is 17. The summed E-state index contributed by atoms with van der Waals surface area (Å²) in [5.74, 6) is -1.09. The minimum absolute atomic E-state index is 0.0108. The lowest BCUT2D eigenvalue weighted by molar-refractivity contribution is -0.157. The van der Waals surface area contributed by atoms with E-state index in [2.05, 4.69) is 18.8 Å². The number of ketones is 1. The van der Waals surface area contributed by atoms with Gasteiger partial charge in [-0.1, -0.05) is 51.8 Å². The highest BCUT2D eigenvalue weighted by Gasteiger charge is 2.32. The van der Waals surface area contributed by atoms with Gasteiger partial charge in [0.05, 0.1) is 13.0 Å². The third-order valence-electron chi connectivity index (χ3n) is 6.42. The minimum atomic E-state index is -0.726. The summed E-state index contributed by atoms with van der Waals surface area (Å²) >= 11 is 0. The fraction of sp³-hybridized carbons (Fsp3) is 0.533. The summed E-state index contributed by atoms with van der Waals surface area (Å²) in [5, 5.41) is 0. The number of benzene rings is 1. The maximum atomic E-state index is 13.1. The molecule has 214 valence electrons. The van der Waals surface area contributed by atoms with Gasteiger partial charge < -0.3 is 23.7 Å². The molecule has 0 aliphatic carbocycles. The molecule has 2 rings (SSSR count). The molecule has 0 aliphatic heterocycles. The number of pyridine rings is 1. The number of hydrogen-bond acceptors (Lipinski definition) is 9. The molecular weight excluding hydrogens is 502 g/mol. The van der Waals surface area contributed by atoms with E-state index < -0.39 is 36.5 Å². The molecule has 0 spiro atoms. The van der Waals surface area contributed by atoms with E-state index in [4.69, 9.17) is 23.7 Å². The van der Waals surface area contributed by atoms with Crippen LogP contribution in [0.25, 0.3) is 0 Å². The van der Waals surface area contributed by atoms with Crippen LogP contribution < -0.4 is 14.2 Å². The van der Waals surface area contributed by atoms with Crippen molar-refractivity contribution in [3.63, 3.8) is 0 Å². The van der Waals surface area contributed by atoms with E-state index in [-0.39, 0.29) is 35.6 Å². The van der Waals surface area contributed by atoms with Gasteiger partial charge in [0.15, 0.2) is 23.0 Å². The number of hydrogen-bond donors (Lipinski definition) is 0. The molecule has 0 saturated heterocycles. The summed E-state index contributed by atoms with van der Waals surface area (Å²) in [4.78, 5) is 41.4. The maximum Gasteiger partial charge on any atom is 0.309 e. The van der Waals surface area contributed by atoms with Gasteiger partial charge >= 0.3 is 11.9 Å². The second-order valence-electron chi connectivity index (χ2n) is 9.44. The van der Waals surface area contributed by atoms with Crippen LogP contribution >= 0.6 is 0 Å². The molecule has 0 aliphatic rings. The summed E-state index contributed by atoms with van der Waals surface area (Å²) in [6.45, 7) is 8.55. The minimum Gasteiger partial charge on any atom is -0.493 e. The predicted molar refractivity (Wildman–Crippen MR) is 146 cm³/mol. The lowest BCUT2D eigenvalue weighted by atomic mass is 9.89. The van der Waals surface area contributed by atoms with Crippen LogP contribution in [0.1, 0.15) is 77.2 Å². The standard InChI is InChI=1S/C30H41NO8/c1-7-9-15-24(26(8-2)39-23-13-11-10-12-14-23)21(4)38-30(34)20(3)18-25(33)28-29(37-19-36-22(5)32)27(35-6)16-17-31-28/h10-14,16-17,20-21,24,26H,7-9,15,18-19H2,1-6H3/t20-,21+,24+,26+/m1/s1. The van der Waals surface area contributed by atoms with E-state index in [0.717, 1.165) is 31.4 Å². The van der Waals surface area contributed by atoms with Crippen LogP contribution in [0.15, 0.2) is 42.6 Å². The van der Waals surface area contributed by atoms with Crippen molar-refractivity contribution in [3.8, 4) is 17.2 Å². The van der Waals surface area contributed by atoms with Gasteiger partial charge in [-0.25, -0.2) is 4.98 Å². The number of methoxy groups -OCH3 is 1. The topological polar surface area (TPSA) is 110 Å². The van der Waals surface area contributed by atoms with Crippen molar-refractivity contribution < 1.29 is 38.1 Å². The quantitative estimate of drug-likeness (QED) is 0.139. The van der Waals surface area contributed by atoms with Crippen molar-refractivity contribution in [3.05, 3.63) is 48.3 Å². The molecule has 1 aromatic carbocycles. The van der Waals surface area contributed by atoms with Gasteiger partial charge in [0.2, 0.25) is 6.79 Å². The monoisotopic (exact) mass is 543 g/mol. The zero-order valence-electron chi connectivity index (χ0n) is 23.8. The van der Waals surface area contributed by atoms with Crippen molar-refractivity contribution in [2.45, 2.75) is 78.9 Å². The fourth-order valence-electron chi connectivity index (χ4n) is 4.26. The molecule has 0 radical (unpaired) electrons. The Morgan fingerprint density at radius 1 is 1.03 bits per heavy atom. The van der Waals surface area contributed by atoms with Crippen LogP contribution in [-0.2, 0) is 19.1 Å². The number of carbonyl (C=O) groups is 3. The molecule has 0 bridgehead atoms. The molecule has 0 fully saturated rings. The number of unbranched alkanes of at least 4 members (excludes halogenated alkanes) is 1. The highest BCUT2D eigenvalue weighted by atomic mass is 16.7. The zero-order valence-corrected chi connectivity index (χ0v) is 23.8. The number of ether oxygens (including phenoxy) is 5. The molecule has 0 amide bonds. The molecule has 1 aromatic heterocycles. The van der Waals surface area contributed by atoms with Gasteiger partial charge in [-0.2, -0.15) is 0 Å². The second kappa shape index (κ2) is 16.4.